The minimum absolute atomic E-state index is 0.124. The molecule has 0 saturated heterocycles. The quantitative estimate of drug-likeness (QED) is 0.885. The van der Waals surface area contributed by atoms with Gasteiger partial charge in [0.15, 0.2) is 5.76 Å². The Morgan fingerprint density at radius 2 is 2.05 bits per heavy atom. The average molecular weight is 305 g/mol. The molecular weight excluding hydrogens is 290 g/mol. The van der Waals surface area contributed by atoms with E-state index in [4.69, 9.17) is 9.52 Å². The molecule has 0 unspecified atom stereocenters. The van der Waals surface area contributed by atoms with Crippen molar-refractivity contribution in [2.75, 3.05) is 11.6 Å². The molecule has 2 rings (SSSR count). The minimum atomic E-state index is -1.04. The third kappa shape index (κ3) is 3.66. The normalized spacial score (nSPS) is 10.4. The second-order valence-corrected chi connectivity index (χ2v) is 5.35. The second-order valence-electron chi connectivity index (χ2n) is 4.49. The number of carbonyl (C=O) groups is 2. The smallest absolute Gasteiger partial charge is 0.335 e. The molecular formula is C15H15NO4S. The Hall–Kier alpha value is -2.21. The first-order valence-electron chi connectivity index (χ1n) is 6.24. The summed E-state index contributed by atoms with van der Waals surface area (Å²) in [4.78, 5) is 23.1. The Kier molecular flexibility index (Phi) is 4.70. The van der Waals surface area contributed by atoms with Gasteiger partial charge >= 0.3 is 5.97 Å². The van der Waals surface area contributed by atoms with Gasteiger partial charge in [-0.15, -0.1) is 0 Å². The molecule has 1 aromatic heterocycles. The summed E-state index contributed by atoms with van der Waals surface area (Å²) in [5.41, 5.74) is 1.37. The van der Waals surface area contributed by atoms with E-state index in [0.717, 1.165) is 11.3 Å². The lowest BCUT2D eigenvalue weighted by Gasteiger charge is -2.08. The fourth-order valence-electron chi connectivity index (χ4n) is 1.79. The number of nitrogens with one attached hydrogen (secondary N) is 1. The van der Waals surface area contributed by atoms with Crippen LogP contribution in [0, 0.1) is 6.92 Å². The van der Waals surface area contributed by atoms with Crippen molar-refractivity contribution in [1.82, 2.24) is 0 Å². The molecule has 0 spiro atoms. The van der Waals surface area contributed by atoms with Crippen LogP contribution in [0.3, 0.4) is 0 Å². The Morgan fingerprint density at radius 3 is 2.71 bits per heavy atom. The summed E-state index contributed by atoms with van der Waals surface area (Å²) in [7, 11) is 0. The van der Waals surface area contributed by atoms with Crippen LogP contribution < -0.4 is 5.32 Å². The van der Waals surface area contributed by atoms with Crippen LogP contribution in [0.1, 0.15) is 32.2 Å². The van der Waals surface area contributed by atoms with Crippen LogP contribution in [0.4, 0.5) is 5.69 Å². The van der Waals surface area contributed by atoms with E-state index >= 15 is 0 Å². The molecule has 1 heterocycles. The third-order valence-corrected chi connectivity index (χ3v) is 3.48. The van der Waals surface area contributed by atoms with Crippen molar-refractivity contribution in [2.45, 2.75) is 12.7 Å². The zero-order valence-corrected chi connectivity index (χ0v) is 12.5. The summed E-state index contributed by atoms with van der Waals surface area (Å²) in [6.45, 7) is 1.79. The minimum Gasteiger partial charge on any atom is -0.478 e. The molecule has 21 heavy (non-hydrogen) atoms. The summed E-state index contributed by atoms with van der Waals surface area (Å²) in [5.74, 6) is 0.197. The maximum Gasteiger partial charge on any atom is 0.335 e. The number of hydrogen-bond acceptors (Lipinski definition) is 4. The first-order chi connectivity index (χ1) is 10.0. The van der Waals surface area contributed by atoms with E-state index in [-0.39, 0.29) is 11.3 Å². The predicted molar refractivity (Wildman–Crippen MR) is 82.0 cm³/mol. The van der Waals surface area contributed by atoms with Gasteiger partial charge in [0.2, 0.25) is 0 Å². The number of carbonyl (C=O) groups excluding carboxylic acids is 1. The van der Waals surface area contributed by atoms with Gasteiger partial charge in [-0.05, 0) is 43.0 Å². The number of amides is 1. The van der Waals surface area contributed by atoms with Gasteiger partial charge in [-0.25, -0.2) is 4.79 Å². The van der Waals surface area contributed by atoms with Gasteiger partial charge in [-0.2, -0.15) is 11.8 Å². The van der Waals surface area contributed by atoms with Crippen LogP contribution in [0.25, 0.3) is 0 Å². The molecule has 1 amide bonds. The lowest BCUT2D eigenvalue weighted by atomic mass is 10.1. The number of hydrogen-bond donors (Lipinski definition) is 2. The van der Waals surface area contributed by atoms with Crippen molar-refractivity contribution < 1.29 is 19.1 Å². The van der Waals surface area contributed by atoms with Gasteiger partial charge in [0.25, 0.3) is 5.91 Å². The highest BCUT2D eigenvalue weighted by atomic mass is 32.2. The Balaban J connectivity index is 2.18. The summed E-state index contributed by atoms with van der Waals surface area (Å²) < 4.78 is 5.43. The van der Waals surface area contributed by atoms with Gasteiger partial charge in [0.05, 0.1) is 11.3 Å². The molecule has 0 fully saturated rings. The molecule has 0 aliphatic carbocycles. The van der Waals surface area contributed by atoms with Crippen LogP contribution in [-0.2, 0) is 5.75 Å². The lowest BCUT2D eigenvalue weighted by molar-refractivity contribution is 0.0696. The molecule has 0 radical (unpaired) electrons. The monoisotopic (exact) mass is 305 g/mol. The number of aromatic carboxylic acids is 1. The van der Waals surface area contributed by atoms with E-state index in [0.29, 0.717) is 11.4 Å². The zero-order chi connectivity index (χ0) is 15.4. The maximum absolute atomic E-state index is 12.1. The number of rotatable bonds is 5. The highest BCUT2D eigenvalue weighted by Crippen LogP contribution is 2.19. The number of anilines is 1. The van der Waals surface area contributed by atoms with Gasteiger partial charge in [0, 0.05) is 5.69 Å². The molecule has 0 aliphatic rings. The fourth-order valence-corrected chi connectivity index (χ4v) is 2.23. The molecule has 0 atom stereocenters. The second kappa shape index (κ2) is 6.49. The molecule has 0 bridgehead atoms. The summed E-state index contributed by atoms with van der Waals surface area (Å²) in [5, 5.41) is 11.7. The van der Waals surface area contributed by atoms with E-state index < -0.39 is 11.9 Å². The number of carboxylic acids is 1. The van der Waals surface area contributed by atoms with E-state index in [1.54, 1.807) is 36.9 Å². The maximum atomic E-state index is 12.1. The fraction of sp³-hybridized carbons (Fsp3) is 0.200. The van der Waals surface area contributed by atoms with E-state index in [1.165, 1.54) is 12.1 Å². The van der Waals surface area contributed by atoms with Crippen molar-refractivity contribution in [1.29, 1.82) is 0 Å². The Bertz CT molecular complexity index is 678. The first kappa shape index (κ1) is 15.2. The van der Waals surface area contributed by atoms with Gasteiger partial charge in [0.1, 0.15) is 5.76 Å². The molecule has 0 saturated carbocycles. The molecule has 5 nitrogen and oxygen atoms in total. The average Bonchev–Trinajstić information content (AvgIpc) is 2.90. The summed E-state index contributed by atoms with van der Waals surface area (Å²) >= 11 is 1.60. The molecule has 0 aliphatic heterocycles. The Morgan fingerprint density at radius 1 is 1.29 bits per heavy atom. The highest BCUT2D eigenvalue weighted by molar-refractivity contribution is 7.97. The number of furan rings is 1. The zero-order valence-electron chi connectivity index (χ0n) is 11.7. The molecule has 110 valence electrons. The van der Waals surface area contributed by atoms with Crippen molar-refractivity contribution >= 4 is 29.3 Å². The predicted octanol–water partition coefficient (Wildman–Crippen LogP) is 3.40. The summed E-state index contributed by atoms with van der Waals surface area (Å²) in [6.07, 6.45) is 1.95. The number of benzene rings is 1. The first-order valence-corrected chi connectivity index (χ1v) is 7.63. The summed E-state index contributed by atoms with van der Waals surface area (Å²) in [6, 6.07) is 7.95. The van der Waals surface area contributed by atoms with Crippen molar-refractivity contribution in [2.24, 2.45) is 0 Å². The Labute approximate surface area is 126 Å². The van der Waals surface area contributed by atoms with E-state index in [9.17, 15) is 9.59 Å². The largest absolute Gasteiger partial charge is 0.478 e. The van der Waals surface area contributed by atoms with Gasteiger partial charge in [-0.3, -0.25) is 4.79 Å². The highest BCUT2D eigenvalue weighted by Gasteiger charge is 2.14. The number of carboxylic acid groups (broad SMARTS) is 1. The van der Waals surface area contributed by atoms with Crippen molar-refractivity contribution in [3.8, 4) is 0 Å². The van der Waals surface area contributed by atoms with Crippen LogP contribution in [0.2, 0.25) is 0 Å². The molecule has 1 aromatic carbocycles. The van der Waals surface area contributed by atoms with E-state index in [1.807, 2.05) is 6.26 Å². The molecule has 2 aromatic rings. The third-order valence-electron chi connectivity index (χ3n) is 2.90. The van der Waals surface area contributed by atoms with Crippen LogP contribution >= 0.6 is 11.8 Å². The van der Waals surface area contributed by atoms with Gasteiger partial charge < -0.3 is 14.8 Å². The van der Waals surface area contributed by atoms with Crippen LogP contribution in [0.5, 0.6) is 0 Å². The standard InChI is InChI=1S/C15H15NO4S/c1-9-3-4-10(15(18)19)7-12(9)16-14(17)13-6-5-11(20-13)8-21-2/h3-7H,8H2,1-2H3,(H,16,17)(H,18,19). The van der Waals surface area contributed by atoms with Crippen molar-refractivity contribution in [3.05, 3.63) is 53.0 Å². The SMILES string of the molecule is CSCc1ccc(C(=O)Nc2cc(C(=O)O)ccc2C)o1. The lowest BCUT2D eigenvalue weighted by Crippen LogP contribution is -2.12. The molecule has 6 heteroatoms. The van der Waals surface area contributed by atoms with Crippen molar-refractivity contribution in [3.63, 3.8) is 0 Å². The van der Waals surface area contributed by atoms with Crippen LogP contribution in [-0.4, -0.2) is 23.2 Å². The number of thioether (sulfide) groups is 1. The van der Waals surface area contributed by atoms with E-state index in [2.05, 4.69) is 5.32 Å². The van der Waals surface area contributed by atoms with Crippen LogP contribution in [0.15, 0.2) is 34.7 Å². The topological polar surface area (TPSA) is 79.5 Å². The molecule has 2 N–H and O–H groups in total. The van der Waals surface area contributed by atoms with Gasteiger partial charge in [-0.1, -0.05) is 6.07 Å². The number of aryl methyl sites for hydroxylation is 1.